The van der Waals surface area contributed by atoms with Crippen molar-refractivity contribution < 1.29 is 9.00 Å². The Morgan fingerprint density at radius 1 is 1.04 bits per heavy atom. The van der Waals surface area contributed by atoms with E-state index in [4.69, 9.17) is 23.2 Å². The van der Waals surface area contributed by atoms with E-state index in [-0.39, 0.29) is 11.8 Å². The van der Waals surface area contributed by atoms with Gasteiger partial charge in [0.25, 0.3) is 0 Å². The van der Waals surface area contributed by atoms with Crippen LogP contribution < -0.4 is 5.32 Å². The Hall–Kier alpha value is -0.620. The summed E-state index contributed by atoms with van der Waals surface area (Å²) in [7, 11) is -1.45. The first-order chi connectivity index (χ1) is 12.6. The molecule has 1 aromatic rings. The molecule has 1 heterocycles. The van der Waals surface area contributed by atoms with Gasteiger partial charge in [0, 0.05) is 19.1 Å². The van der Waals surface area contributed by atoms with Gasteiger partial charge in [-0.2, -0.15) is 0 Å². The minimum atomic E-state index is -1.45. The molecule has 0 spiro atoms. The molecule has 1 aliphatic heterocycles. The summed E-state index contributed by atoms with van der Waals surface area (Å²) in [5.74, 6) is -0.0268. The Morgan fingerprint density at radius 3 is 2.35 bits per heavy atom. The number of rotatable bonds is 4. The van der Waals surface area contributed by atoms with Crippen LogP contribution in [-0.4, -0.2) is 33.6 Å². The average molecular weight is 417 g/mol. The van der Waals surface area contributed by atoms with Crippen molar-refractivity contribution in [3.8, 4) is 0 Å². The van der Waals surface area contributed by atoms with Crippen molar-refractivity contribution in [3.05, 3.63) is 28.2 Å². The lowest BCUT2D eigenvalue weighted by atomic mass is 9.97. The molecular formula is C19H26Cl2N2O2S. The standard InChI is InChI=1S/C19H26Cl2N2O2S/c20-16-10-5-11-17(21)18(16)26(25)23-12-6-7-14(13-23)19(24)22-15-8-3-1-2-4-9-15/h5,10-11,14-15H,1-4,6-9,12-13H2,(H,22,24)/t14-,26?/m0/s1. The minimum Gasteiger partial charge on any atom is -0.353 e. The molecule has 3 rings (SSSR count). The molecule has 1 N–H and O–H groups in total. The van der Waals surface area contributed by atoms with Crippen LogP contribution in [0, 0.1) is 5.92 Å². The number of benzene rings is 1. The second-order valence-corrected chi connectivity index (χ2v) is 9.46. The molecule has 144 valence electrons. The summed E-state index contributed by atoms with van der Waals surface area (Å²) < 4.78 is 14.8. The van der Waals surface area contributed by atoms with Crippen LogP contribution in [0.4, 0.5) is 0 Å². The van der Waals surface area contributed by atoms with Gasteiger partial charge in [0.2, 0.25) is 5.91 Å². The van der Waals surface area contributed by atoms with E-state index < -0.39 is 11.0 Å². The maximum atomic E-state index is 13.0. The Bertz CT molecular complexity index is 643. The van der Waals surface area contributed by atoms with Crippen LogP contribution in [-0.2, 0) is 15.8 Å². The SMILES string of the molecule is O=C(NC1CCCCCC1)[C@H]1CCCN(S(=O)c2c(Cl)cccc2Cl)C1. The van der Waals surface area contributed by atoms with E-state index in [1.165, 1.54) is 25.7 Å². The lowest BCUT2D eigenvalue weighted by molar-refractivity contribution is -0.126. The molecule has 4 nitrogen and oxygen atoms in total. The quantitative estimate of drug-likeness (QED) is 0.730. The first kappa shape index (κ1) is 20.1. The Balaban J connectivity index is 1.63. The number of carbonyl (C=O) groups is 1. The van der Waals surface area contributed by atoms with Crippen molar-refractivity contribution >= 4 is 40.1 Å². The fraction of sp³-hybridized carbons (Fsp3) is 0.632. The molecule has 1 saturated heterocycles. The first-order valence-electron chi connectivity index (χ1n) is 9.47. The van der Waals surface area contributed by atoms with Crippen LogP contribution >= 0.6 is 23.2 Å². The van der Waals surface area contributed by atoms with E-state index in [9.17, 15) is 9.00 Å². The predicted molar refractivity (Wildman–Crippen MR) is 107 cm³/mol. The molecule has 2 fully saturated rings. The fourth-order valence-corrected chi connectivity index (χ4v) is 5.96. The summed E-state index contributed by atoms with van der Waals surface area (Å²) in [6.45, 7) is 1.16. The molecule has 0 radical (unpaired) electrons. The van der Waals surface area contributed by atoms with Crippen LogP contribution in [0.15, 0.2) is 23.1 Å². The highest BCUT2D eigenvalue weighted by atomic mass is 35.5. The normalized spacial score (nSPS) is 24.0. The van der Waals surface area contributed by atoms with E-state index >= 15 is 0 Å². The van der Waals surface area contributed by atoms with Crippen LogP contribution in [0.3, 0.4) is 0 Å². The number of nitrogens with one attached hydrogen (secondary N) is 1. The van der Waals surface area contributed by atoms with Gasteiger partial charge in [-0.05, 0) is 37.8 Å². The highest BCUT2D eigenvalue weighted by Gasteiger charge is 2.31. The number of hydrogen-bond donors (Lipinski definition) is 1. The van der Waals surface area contributed by atoms with Crippen molar-refractivity contribution in [2.75, 3.05) is 13.1 Å². The molecule has 7 heteroatoms. The van der Waals surface area contributed by atoms with Crippen molar-refractivity contribution in [1.29, 1.82) is 0 Å². The predicted octanol–water partition coefficient (Wildman–Crippen LogP) is 4.57. The number of amides is 1. The molecule has 0 bridgehead atoms. The third kappa shape index (κ3) is 5.00. The summed E-state index contributed by atoms with van der Waals surface area (Å²) >= 11 is 12.4. The topological polar surface area (TPSA) is 49.4 Å². The summed E-state index contributed by atoms with van der Waals surface area (Å²) in [4.78, 5) is 13.2. The van der Waals surface area contributed by atoms with Gasteiger partial charge in [0.05, 0.1) is 20.9 Å². The zero-order valence-electron chi connectivity index (χ0n) is 14.9. The fourth-order valence-electron chi connectivity index (χ4n) is 3.83. The first-order valence-corrected chi connectivity index (χ1v) is 11.3. The van der Waals surface area contributed by atoms with Crippen molar-refractivity contribution in [1.82, 2.24) is 9.62 Å². The summed E-state index contributed by atoms with van der Waals surface area (Å²) in [6.07, 6.45) is 8.74. The van der Waals surface area contributed by atoms with E-state index in [2.05, 4.69) is 5.32 Å². The van der Waals surface area contributed by atoms with E-state index in [1.807, 2.05) is 4.31 Å². The van der Waals surface area contributed by atoms with Gasteiger partial charge in [-0.25, -0.2) is 8.51 Å². The number of hydrogen-bond acceptors (Lipinski definition) is 2. The van der Waals surface area contributed by atoms with Gasteiger partial charge >= 0.3 is 0 Å². The molecule has 26 heavy (non-hydrogen) atoms. The Morgan fingerprint density at radius 2 is 1.69 bits per heavy atom. The number of piperidine rings is 1. The number of carbonyl (C=O) groups excluding carboxylic acids is 1. The number of halogens is 2. The largest absolute Gasteiger partial charge is 0.353 e. The Labute approximate surface area is 168 Å². The molecule has 2 atom stereocenters. The van der Waals surface area contributed by atoms with Gasteiger partial charge in [0.1, 0.15) is 11.0 Å². The smallest absolute Gasteiger partial charge is 0.224 e. The molecule has 1 saturated carbocycles. The Kier molecular flexibility index (Phi) is 7.38. The van der Waals surface area contributed by atoms with Crippen LogP contribution in [0.1, 0.15) is 51.4 Å². The average Bonchev–Trinajstić information content (AvgIpc) is 2.90. The van der Waals surface area contributed by atoms with E-state index in [1.54, 1.807) is 18.2 Å². The molecule has 1 aromatic carbocycles. The number of nitrogens with zero attached hydrogens (tertiary/aromatic N) is 1. The third-order valence-corrected chi connectivity index (χ3v) is 7.73. The third-order valence-electron chi connectivity index (χ3n) is 5.28. The summed E-state index contributed by atoms with van der Waals surface area (Å²) in [6, 6.07) is 5.43. The second kappa shape index (κ2) is 9.54. The monoisotopic (exact) mass is 416 g/mol. The van der Waals surface area contributed by atoms with Gasteiger partial charge in [-0.15, -0.1) is 0 Å². The minimum absolute atomic E-state index is 0.101. The van der Waals surface area contributed by atoms with Crippen molar-refractivity contribution in [2.45, 2.75) is 62.3 Å². The lowest BCUT2D eigenvalue weighted by Crippen LogP contribution is -2.46. The molecule has 0 aromatic heterocycles. The molecule has 1 unspecified atom stereocenters. The zero-order valence-corrected chi connectivity index (χ0v) is 17.2. The van der Waals surface area contributed by atoms with E-state index in [0.717, 1.165) is 25.7 Å². The molecule has 2 aliphatic rings. The molecule has 1 aliphatic carbocycles. The van der Waals surface area contributed by atoms with Gasteiger partial charge in [-0.3, -0.25) is 4.79 Å². The van der Waals surface area contributed by atoms with Gasteiger partial charge < -0.3 is 5.32 Å². The van der Waals surface area contributed by atoms with Crippen LogP contribution in [0.25, 0.3) is 0 Å². The highest BCUT2D eigenvalue weighted by Crippen LogP contribution is 2.31. The van der Waals surface area contributed by atoms with Crippen molar-refractivity contribution in [2.24, 2.45) is 5.92 Å². The molecule has 1 amide bonds. The summed E-state index contributed by atoms with van der Waals surface area (Å²) in [5.41, 5.74) is 0. The van der Waals surface area contributed by atoms with Crippen LogP contribution in [0.2, 0.25) is 10.0 Å². The van der Waals surface area contributed by atoms with E-state index in [0.29, 0.717) is 34.1 Å². The van der Waals surface area contributed by atoms with Gasteiger partial charge in [0.15, 0.2) is 0 Å². The summed E-state index contributed by atoms with van der Waals surface area (Å²) in [5, 5.41) is 4.04. The van der Waals surface area contributed by atoms with Crippen molar-refractivity contribution in [3.63, 3.8) is 0 Å². The van der Waals surface area contributed by atoms with Gasteiger partial charge in [-0.1, -0.05) is 55.0 Å². The zero-order chi connectivity index (χ0) is 18.5. The molecular weight excluding hydrogens is 391 g/mol. The maximum Gasteiger partial charge on any atom is 0.224 e. The second-order valence-electron chi connectivity index (χ2n) is 7.22. The maximum absolute atomic E-state index is 13.0. The van der Waals surface area contributed by atoms with Crippen LogP contribution in [0.5, 0.6) is 0 Å². The lowest BCUT2D eigenvalue weighted by Gasteiger charge is -2.32. The highest BCUT2D eigenvalue weighted by molar-refractivity contribution is 7.83.